The number of hydrogen-bond donors (Lipinski definition) is 1. The van der Waals surface area contributed by atoms with Crippen molar-refractivity contribution in [1.29, 1.82) is 0 Å². The van der Waals surface area contributed by atoms with Crippen LogP contribution in [0.25, 0.3) is 0 Å². The lowest BCUT2D eigenvalue weighted by atomic mass is 9.99. The molecule has 2 aromatic rings. The molecule has 1 atom stereocenters. The van der Waals surface area contributed by atoms with E-state index in [1.54, 1.807) is 6.07 Å². The third-order valence-electron chi connectivity index (χ3n) is 4.10. The second kappa shape index (κ2) is 8.42. The van der Waals surface area contributed by atoms with Gasteiger partial charge in [0.05, 0.1) is 0 Å². The molecule has 22 heavy (non-hydrogen) atoms. The minimum absolute atomic E-state index is 0.209. The number of aromatic carboxylic acids is 1. The van der Waals surface area contributed by atoms with Gasteiger partial charge in [-0.25, -0.2) is 4.79 Å². The molecule has 1 aromatic carbocycles. The first kappa shape index (κ1) is 16.3. The number of carboxylic acids is 1. The molecule has 0 amide bonds. The Kier molecular flexibility index (Phi) is 6.26. The Labute approximate surface area is 132 Å². The summed E-state index contributed by atoms with van der Waals surface area (Å²) in [6.07, 6.45) is 8.61. The third-order valence-corrected chi connectivity index (χ3v) is 4.10. The van der Waals surface area contributed by atoms with Crippen LogP contribution in [0.2, 0.25) is 0 Å². The van der Waals surface area contributed by atoms with Crippen LogP contribution in [0.3, 0.4) is 0 Å². The van der Waals surface area contributed by atoms with E-state index in [-0.39, 0.29) is 6.04 Å². The minimum Gasteiger partial charge on any atom is -0.477 e. The maximum absolute atomic E-state index is 11.4. The topological polar surface area (TPSA) is 42.2 Å². The molecule has 0 bridgehead atoms. The van der Waals surface area contributed by atoms with Crippen molar-refractivity contribution in [2.24, 2.45) is 0 Å². The van der Waals surface area contributed by atoms with E-state index < -0.39 is 5.97 Å². The number of aromatic nitrogens is 1. The van der Waals surface area contributed by atoms with Gasteiger partial charge >= 0.3 is 5.97 Å². The highest BCUT2D eigenvalue weighted by atomic mass is 16.4. The molecular formula is C19H25NO2. The van der Waals surface area contributed by atoms with Crippen LogP contribution in [0, 0.1) is 0 Å². The molecule has 1 unspecified atom stereocenters. The number of hydrogen-bond acceptors (Lipinski definition) is 1. The molecule has 0 aliphatic rings. The van der Waals surface area contributed by atoms with Crippen molar-refractivity contribution in [1.82, 2.24) is 4.57 Å². The van der Waals surface area contributed by atoms with Crippen LogP contribution in [0.5, 0.6) is 0 Å². The summed E-state index contributed by atoms with van der Waals surface area (Å²) in [7, 11) is 0. The maximum Gasteiger partial charge on any atom is 0.352 e. The van der Waals surface area contributed by atoms with Gasteiger partial charge in [-0.1, -0.05) is 62.9 Å². The van der Waals surface area contributed by atoms with Crippen LogP contribution in [-0.4, -0.2) is 15.6 Å². The van der Waals surface area contributed by atoms with E-state index in [4.69, 9.17) is 0 Å². The molecule has 1 heterocycles. The Morgan fingerprint density at radius 3 is 2.55 bits per heavy atom. The molecule has 2 rings (SSSR count). The van der Waals surface area contributed by atoms with Gasteiger partial charge in [0.2, 0.25) is 0 Å². The largest absolute Gasteiger partial charge is 0.477 e. The first-order chi connectivity index (χ1) is 10.7. The lowest BCUT2D eigenvalue weighted by Crippen LogP contribution is -2.16. The van der Waals surface area contributed by atoms with Crippen LogP contribution < -0.4 is 0 Å². The van der Waals surface area contributed by atoms with E-state index in [1.807, 2.05) is 35.0 Å². The van der Waals surface area contributed by atoms with Gasteiger partial charge in [-0.3, -0.25) is 0 Å². The van der Waals surface area contributed by atoms with Gasteiger partial charge < -0.3 is 9.67 Å². The summed E-state index contributed by atoms with van der Waals surface area (Å²) in [5.74, 6) is -0.850. The van der Waals surface area contributed by atoms with Gasteiger partial charge in [0.15, 0.2) is 0 Å². The van der Waals surface area contributed by atoms with Gasteiger partial charge in [-0.15, -0.1) is 0 Å². The lowest BCUT2D eigenvalue weighted by Gasteiger charge is -2.21. The summed E-state index contributed by atoms with van der Waals surface area (Å²) in [5.41, 5.74) is 1.64. The predicted octanol–water partition coefficient (Wildman–Crippen LogP) is 4.94. The van der Waals surface area contributed by atoms with E-state index in [0.717, 1.165) is 19.3 Å². The molecule has 0 spiro atoms. The molecule has 3 nitrogen and oxygen atoms in total. The zero-order valence-electron chi connectivity index (χ0n) is 13.2. The molecule has 118 valence electrons. The summed E-state index contributed by atoms with van der Waals surface area (Å²) in [6.45, 7) is 2.20. The highest BCUT2D eigenvalue weighted by molar-refractivity contribution is 5.85. The zero-order valence-corrected chi connectivity index (χ0v) is 13.2. The van der Waals surface area contributed by atoms with Crippen molar-refractivity contribution in [3.8, 4) is 0 Å². The number of unbranched alkanes of at least 4 members (excludes halogenated alkanes) is 3. The van der Waals surface area contributed by atoms with E-state index in [9.17, 15) is 9.90 Å². The van der Waals surface area contributed by atoms with Crippen LogP contribution in [0.4, 0.5) is 0 Å². The van der Waals surface area contributed by atoms with Gasteiger partial charge in [0, 0.05) is 12.2 Å². The van der Waals surface area contributed by atoms with E-state index in [0.29, 0.717) is 5.69 Å². The highest BCUT2D eigenvalue weighted by Crippen LogP contribution is 2.24. The van der Waals surface area contributed by atoms with E-state index >= 15 is 0 Å². The first-order valence-corrected chi connectivity index (χ1v) is 8.16. The molecule has 0 aliphatic heterocycles. The van der Waals surface area contributed by atoms with E-state index in [2.05, 4.69) is 19.1 Å². The van der Waals surface area contributed by atoms with Crippen LogP contribution in [-0.2, 0) is 6.42 Å². The average molecular weight is 299 g/mol. The molecule has 0 saturated heterocycles. The molecule has 0 saturated carbocycles. The fraction of sp³-hybridized carbons (Fsp3) is 0.421. The van der Waals surface area contributed by atoms with Crippen LogP contribution in [0.1, 0.15) is 61.1 Å². The second-order valence-corrected chi connectivity index (χ2v) is 5.80. The number of carboxylic acid groups (broad SMARTS) is 1. The molecule has 0 aliphatic carbocycles. The Balaban J connectivity index is 2.13. The van der Waals surface area contributed by atoms with Gasteiger partial charge in [0.1, 0.15) is 5.69 Å². The number of carbonyl (C=O) groups is 1. The lowest BCUT2D eigenvalue weighted by molar-refractivity contribution is 0.0682. The molecule has 1 N–H and O–H groups in total. The van der Waals surface area contributed by atoms with Crippen molar-refractivity contribution >= 4 is 5.97 Å². The normalized spacial score (nSPS) is 12.2. The Hall–Kier alpha value is -2.03. The van der Waals surface area contributed by atoms with Crippen molar-refractivity contribution in [2.75, 3.05) is 0 Å². The maximum atomic E-state index is 11.4. The zero-order chi connectivity index (χ0) is 15.8. The predicted molar refractivity (Wildman–Crippen MR) is 89.3 cm³/mol. The van der Waals surface area contributed by atoms with Crippen LogP contribution >= 0.6 is 0 Å². The first-order valence-electron chi connectivity index (χ1n) is 8.16. The van der Waals surface area contributed by atoms with Gasteiger partial charge in [-0.05, 0) is 30.5 Å². The summed E-state index contributed by atoms with van der Waals surface area (Å²) in [4.78, 5) is 11.4. The summed E-state index contributed by atoms with van der Waals surface area (Å²) in [6, 6.07) is 14.0. The average Bonchev–Trinajstić information content (AvgIpc) is 3.01. The molecule has 1 aromatic heterocycles. The van der Waals surface area contributed by atoms with Crippen molar-refractivity contribution in [3.05, 3.63) is 59.9 Å². The Bertz CT molecular complexity index is 574. The highest BCUT2D eigenvalue weighted by Gasteiger charge is 2.17. The number of benzene rings is 1. The summed E-state index contributed by atoms with van der Waals surface area (Å²) < 4.78 is 1.93. The minimum atomic E-state index is -0.850. The fourth-order valence-electron chi connectivity index (χ4n) is 2.93. The van der Waals surface area contributed by atoms with E-state index in [1.165, 1.54) is 24.8 Å². The van der Waals surface area contributed by atoms with Crippen molar-refractivity contribution in [3.63, 3.8) is 0 Å². The smallest absolute Gasteiger partial charge is 0.352 e. The van der Waals surface area contributed by atoms with Crippen molar-refractivity contribution < 1.29 is 9.90 Å². The number of rotatable bonds is 9. The monoisotopic (exact) mass is 299 g/mol. The van der Waals surface area contributed by atoms with Crippen LogP contribution in [0.15, 0.2) is 48.7 Å². The quantitative estimate of drug-likeness (QED) is 0.666. The Morgan fingerprint density at radius 2 is 1.86 bits per heavy atom. The van der Waals surface area contributed by atoms with Crippen molar-refractivity contribution in [2.45, 2.75) is 51.5 Å². The Morgan fingerprint density at radius 1 is 1.09 bits per heavy atom. The molecule has 0 radical (unpaired) electrons. The summed E-state index contributed by atoms with van der Waals surface area (Å²) in [5, 5.41) is 9.36. The van der Waals surface area contributed by atoms with Gasteiger partial charge in [-0.2, -0.15) is 0 Å². The fourth-order valence-corrected chi connectivity index (χ4v) is 2.93. The standard InChI is InChI=1S/C19H25NO2/c1-2-3-4-8-12-17(15-16-10-6-5-7-11-16)20-14-9-13-18(20)19(21)22/h5-7,9-11,13-14,17H,2-4,8,12,15H2,1H3,(H,21,22). The molecule has 3 heteroatoms. The third kappa shape index (κ3) is 4.48. The second-order valence-electron chi connectivity index (χ2n) is 5.80. The van der Waals surface area contributed by atoms with Gasteiger partial charge in [0.25, 0.3) is 0 Å². The molecule has 0 fully saturated rings. The molecular weight excluding hydrogens is 274 g/mol. The summed E-state index contributed by atoms with van der Waals surface area (Å²) >= 11 is 0. The number of nitrogens with zero attached hydrogens (tertiary/aromatic N) is 1. The SMILES string of the molecule is CCCCCCC(Cc1ccccc1)n1cccc1C(=O)O.